The van der Waals surface area contributed by atoms with Gasteiger partial charge in [-0.05, 0) is 25.2 Å². The first-order chi connectivity index (χ1) is 6.77. The Balaban J connectivity index is 2.37. The zero-order valence-electron chi connectivity index (χ0n) is 8.97. The number of carbonyl (C=O) groups is 1. The Morgan fingerprint density at radius 2 is 2.21 bits per heavy atom. The average molecular weight is 218 g/mol. The third kappa shape index (κ3) is 3.49. The summed E-state index contributed by atoms with van der Waals surface area (Å²) in [6.45, 7) is 4.11. The SMILES string of the molecule is CCC1CCCN(C(=O)CCCl)CC1. The second kappa shape index (κ2) is 6.28. The van der Waals surface area contributed by atoms with E-state index < -0.39 is 0 Å². The first kappa shape index (κ1) is 11.8. The summed E-state index contributed by atoms with van der Waals surface area (Å²) in [5, 5.41) is 0. The molecule has 14 heavy (non-hydrogen) atoms. The molecule has 3 heteroatoms. The topological polar surface area (TPSA) is 20.3 Å². The molecule has 0 spiro atoms. The molecule has 0 aromatic carbocycles. The Morgan fingerprint density at radius 1 is 1.43 bits per heavy atom. The summed E-state index contributed by atoms with van der Waals surface area (Å²) >= 11 is 5.56. The lowest BCUT2D eigenvalue weighted by Gasteiger charge is -2.19. The number of hydrogen-bond donors (Lipinski definition) is 0. The van der Waals surface area contributed by atoms with Crippen LogP contribution < -0.4 is 0 Å². The highest BCUT2D eigenvalue weighted by atomic mass is 35.5. The average Bonchev–Trinajstić information content (AvgIpc) is 2.42. The van der Waals surface area contributed by atoms with Gasteiger partial charge in [-0.2, -0.15) is 0 Å². The largest absolute Gasteiger partial charge is 0.343 e. The molecule has 1 aliphatic heterocycles. The Hall–Kier alpha value is -0.240. The van der Waals surface area contributed by atoms with E-state index in [0.717, 1.165) is 25.4 Å². The predicted molar refractivity (Wildman–Crippen MR) is 59.5 cm³/mol. The quantitative estimate of drug-likeness (QED) is 0.666. The number of carbonyl (C=O) groups excluding carboxylic acids is 1. The summed E-state index contributed by atoms with van der Waals surface area (Å²) in [6, 6.07) is 0. The first-order valence-electron chi connectivity index (χ1n) is 5.61. The summed E-state index contributed by atoms with van der Waals surface area (Å²) in [6.07, 6.45) is 5.36. The molecule has 0 saturated carbocycles. The van der Waals surface area contributed by atoms with Crippen molar-refractivity contribution in [3.8, 4) is 0 Å². The highest BCUT2D eigenvalue weighted by Crippen LogP contribution is 2.20. The van der Waals surface area contributed by atoms with Gasteiger partial charge >= 0.3 is 0 Å². The molecule has 0 N–H and O–H groups in total. The molecule has 1 rings (SSSR count). The zero-order valence-corrected chi connectivity index (χ0v) is 9.72. The molecule has 0 bridgehead atoms. The lowest BCUT2D eigenvalue weighted by Crippen LogP contribution is -2.32. The summed E-state index contributed by atoms with van der Waals surface area (Å²) in [5.41, 5.74) is 0. The Kier molecular flexibility index (Phi) is 5.31. The van der Waals surface area contributed by atoms with Crippen LogP contribution in [-0.2, 0) is 4.79 Å². The molecule has 1 aliphatic rings. The number of hydrogen-bond acceptors (Lipinski definition) is 1. The van der Waals surface area contributed by atoms with Crippen LogP contribution >= 0.6 is 11.6 Å². The number of alkyl halides is 1. The van der Waals surface area contributed by atoms with Crippen molar-refractivity contribution in [2.75, 3.05) is 19.0 Å². The van der Waals surface area contributed by atoms with Crippen LogP contribution in [0.1, 0.15) is 39.0 Å². The molecule has 1 saturated heterocycles. The fourth-order valence-electron chi connectivity index (χ4n) is 2.06. The minimum atomic E-state index is 0.233. The number of rotatable bonds is 3. The Labute approximate surface area is 91.6 Å². The van der Waals surface area contributed by atoms with Gasteiger partial charge in [0.15, 0.2) is 0 Å². The minimum absolute atomic E-state index is 0.233. The maximum Gasteiger partial charge on any atom is 0.223 e. The number of likely N-dealkylation sites (tertiary alicyclic amines) is 1. The third-order valence-electron chi connectivity index (χ3n) is 3.09. The fraction of sp³-hybridized carbons (Fsp3) is 0.909. The molecule has 1 atom stereocenters. The lowest BCUT2D eigenvalue weighted by molar-refractivity contribution is -0.130. The number of amides is 1. The van der Waals surface area contributed by atoms with E-state index in [2.05, 4.69) is 6.92 Å². The van der Waals surface area contributed by atoms with Crippen molar-refractivity contribution in [3.63, 3.8) is 0 Å². The third-order valence-corrected chi connectivity index (χ3v) is 3.28. The Bertz CT molecular complexity index is 184. The van der Waals surface area contributed by atoms with Gasteiger partial charge in [-0.15, -0.1) is 11.6 Å². The van der Waals surface area contributed by atoms with Gasteiger partial charge in [-0.1, -0.05) is 13.3 Å². The van der Waals surface area contributed by atoms with Crippen molar-refractivity contribution >= 4 is 17.5 Å². The van der Waals surface area contributed by atoms with Crippen LogP contribution in [0.4, 0.5) is 0 Å². The lowest BCUT2D eigenvalue weighted by atomic mass is 9.98. The molecule has 0 aromatic heterocycles. The highest BCUT2D eigenvalue weighted by Gasteiger charge is 2.18. The summed E-state index contributed by atoms with van der Waals surface area (Å²) in [5.74, 6) is 1.51. The molecule has 1 unspecified atom stereocenters. The van der Waals surface area contributed by atoms with Gasteiger partial charge < -0.3 is 4.90 Å². The smallest absolute Gasteiger partial charge is 0.223 e. The van der Waals surface area contributed by atoms with E-state index >= 15 is 0 Å². The van der Waals surface area contributed by atoms with Crippen LogP contribution in [0.2, 0.25) is 0 Å². The van der Waals surface area contributed by atoms with Crippen molar-refractivity contribution in [1.82, 2.24) is 4.90 Å². The highest BCUT2D eigenvalue weighted by molar-refractivity contribution is 6.18. The standard InChI is InChI=1S/C11H20ClNO/c1-2-10-4-3-8-13(9-6-10)11(14)5-7-12/h10H,2-9H2,1H3. The summed E-state index contributed by atoms with van der Waals surface area (Å²) < 4.78 is 0. The van der Waals surface area contributed by atoms with E-state index in [1.54, 1.807) is 0 Å². The monoisotopic (exact) mass is 217 g/mol. The van der Waals surface area contributed by atoms with E-state index in [1.165, 1.54) is 19.3 Å². The molecule has 0 aliphatic carbocycles. The Morgan fingerprint density at radius 3 is 2.86 bits per heavy atom. The van der Waals surface area contributed by atoms with Gasteiger partial charge in [-0.25, -0.2) is 0 Å². The molecule has 1 heterocycles. The van der Waals surface area contributed by atoms with Crippen LogP contribution in [0, 0.1) is 5.92 Å². The normalized spacial score (nSPS) is 23.3. The molecule has 1 fully saturated rings. The van der Waals surface area contributed by atoms with Crippen molar-refractivity contribution in [2.45, 2.75) is 39.0 Å². The molecular weight excluding hydrogens is 198 g/mol. The van der Waals surface area contributed by atoms with Gasteiger partial charge in [0.2, 0.25) is 5.91 Å². The molecule has 0 aromatic rings. The fourth-order valence-corrected chi connectivity index (χ4v) is 2.22. The number of nitrogens with zero attached hydrogens (tertiary/aromatic N) is 1. The maximum absolute atomic E-state index is 11.6. The van der Waals surface area contributed by atoms with Crippen LogP contribution in [0.3, 0.4) is 0 Å². The summed E-state index contributed by atoms with van der Waals surface area (Å²) in [4.78, 5) is 13.6. The van der Waals surface area contributed by atoms with Crippen molar-refractivity contribution < 1.29 is 4.79 Å². The second-order valence-corrected chi connectivity index (χ2v) is 4.40. The van der Waals surface area contributed by atoms with E-state index in [9.17, 15) is 4.79 Å². The minimum Gasteiger partial charge on any atom is -0.343 e. The van der Waals surface area contributed by atoms with Crippen molar-refractivity contribution in [2.24, 2.45) is 5.92 Å². The van der Waals surface area contributed by atoms with Crippen LogP contribution in [0.15, 0.2) is 0 Å². The van der Waals surface area contributed by atoms with Crippen molar-refractivity contribution in [3.05, 3.63) is 0 Å². The molecule has 0 radical (unpaired) electrons. The van der Waals surface area contributed by atoms with E-state index in [1.807, 2.05) is 4.90 Å². The van der Waals surface area contributed by atoms with Gasteiger partial charge in [0, 0.05) is 25.4 Å². The maximum atomic E-state index is 11.6. The molecule has 82 valence electrons. The van der Waals surface area contributed by atoms with Crippen LogP contribution in [0.25, 0.3) is 0 Å². The second-order valence-electron chi connectivity index (χ2n) is 4.02. The van der Waals surface area contributed by atoms with E-state index in [4.69, 9.17) is 11.6 Å². The molecule has 1 amide bonds. The first-order valence-corrected chi connectivity index (χ1v) is 6.15. The van der Waals surface area contributed by atoms with Gasteiger partial charge in [0.05, 0.1) is 0 Å². The predicted octanol–water partition coefficient (Wildman–Crippen LogP) is 2.65. The van der Waals surface area contributed by atoms with Crippen LogP contribution in [0.5, 0.6) is 0 Å². The summed E-state index contributed by atoms with van der Waals surface area (Å²) in [7, 11) is 0. The zero-order chi connectivity index (χ0) is 10.4. The van der Waals surface area contributed by atoms with Gasteiger partial charge in [0.25, 0.3) is 0 Å². The molecular formula is C11H20ClNO. The van der Waals surface area contributed by atoms with E-state index in [0.29, 0.717) is 12.3 Å². The van der Waals surface area contributed by atoms with Crippen molar-refractivity contribution in [1.29, 1.82) is 0 Å². The van der Waals surface area contributed by atoms with Crippen LogP contribution in [-0.4, -0.2) is 29.8 Å². The van der Waals surface area contributed by atoms with Gasteiger partial charge in [0.1, 0.15) is 0 Å². The number of halogens is 1. The molecule has 2 nitrogen and oxygen atoms in total. The van der Waals surface area contributed by atoms with Gasteiger partial charge in [-0.3, -0.25) is 4.79 Å². The van der Waals surface area contributed by atoms with E-state index in [-0.39, 0.29) is 5.91 Å².